The molecule has 3 N–H and O–H groups in total. The van der Waals surface area contributed by atoms with Gasteiger partial charge >= 0.3 is 0 Å². The Morgan fingerprint density at radius 3 is 2.60 bits per heavy atom. The van der Waals surface area contributed by atoms with Gasteiger partial charge in [0.1, 0.15) is 0 Å². The summed E-state index contributed by atoms with van der Waals surface area (Å²) < 4.78 is 0. The van der Waals surface area contributed by atoms with Crippen molar-refractivity contribution >= 4 is 11.8 Å². The second-order valence-electron chi connectivity index (χ2n) is 1.68. The number of primary amides is 1. The minimum Gasteiger partial charge on any atom is -0.368 e. The van der Waals surface area contributed by atoms with Crippen LogP contribution >= 0.6 is 0 Å². The van der Waals surface area contributed by atoms with Crippen LogP contribution in [0.15, 0.2) is 12.2 Å². The van der Waals surface area contributed by atoms with Crippen LogP contribution < -0.4 is 11.1 Å². The predicted molar refractivity (Wildman–Crippen MR) is 37.0 cm³/mol. The van der Waals surface area contributed by atoms with E-state index in [4.69, 9.17) is 5.73 Å². The summed E-state index contributed by atoms with van der Waals surface area (Å²) >= 11 is 0. The first kappa shape index (κ1) is 8.68. The molecule has 0 heterocycles. The van der Waals surface area contributed by atoms with Gasteiger partial charge in [-0.2, -0.15) is 0 Å². The van der Waals surface area contributed by atoms with Crippen molar-refractivity contribution in [3.05, 3.63) is 12.2 Å². The Morgan fingerprint density at radius 2 is 2.20 bits per heavy atom. The van der Waals surface area contributed by atoms with Gasteiger partial charge in [0.05, 0.1) is 6.54 Å². The molecule has 0 aromatic rings. The van der Waals surface area contributed by atoms with Gasteiger partial charge in [-0.1, -0.05) is 6.08 Å². The van der Waals surface area contributed by atoms with Crippen molar-refractivity contribution in [1.29, 1.82) is 0 Å². The highest BCUT2D eigenvalue weighted by Gasteiger charge is 1.95. The molecule has 0 unspecified atom stereocenters. The molecule has 0 spiro atoms. The number of allylic oxidation sites excluding steroid dienone is 1. The molecule has 0 rings (SSSR count). The fourth-order valence-corrected chi connectivity index (χ4v) is 0.385. The fraction of sp³-hybridized carbons (Fsp3) is 0.333. The van der Waals surface area contributed by atoms with Crippen LogP contribution in [0, 0.1) is 0 Å². The Kier molecular flexibility index (Phi) is 3.95. The van der Waals surface area contributed by atoms with E-state index >= 15 is 0 Å². The Labute approximate surface area is 59.1 Å². The van der Waals surface area contributed by atoms with Gasteiger partial charge in [0, 0.05) is 0 Å². The number of carbonyl (C=O) groups excluding carboxylic acids is 2. The lowest BCUT2D eigenvalue weighted by Crippen LogP contribution is -2.32. The molecule has 0 atom stereocenters. The lowest BCUT2D eigenvalue weighted by molar-refractivity contribution is -0.122. The Hall–Kier alpha value is -1.32. The van der Waals surface area contributed by atoms with Gasteiger partial charge in [-0.3, -0.25) is 9.59 Å². The van der Waals surface area contributed by atoms with E-state index in [-0.39, 0.29) is 12.5 Å². The number of amides is 2. The molecule has 4 nitrogen and oxygen atoms in total. The average molecular weight is 142 g/mol. The van der Waals surface area contributed by atoms with Crippen LogP contribution in [0.4, 0.5) is 0 Å². The van der Waals surface area contributed by atoms with Crippen molar-refractivity contribution in [2.75, 3.05) is 6.54 Å². The third-order valence-electron chi connectivity index (χ3n) is 0.755. The summed E-state index contributed by atoms with van der Waals surface area (Å²) in [6.45, 7) is 1.60. The molecule has 56 valence electrons. The fourth-order valence-electron chi connectivity index (χ4n) is 0.385. The second kappa shape index (κ2) is 4.55. The molecule has 0 aromatic carbocycles. The largest absolute Gasteiger partial charge is 0.368 e. The number of carbonyl (C=O) groups is 2. The van der Waals surface area contributed by atoms with Crippen molar-refractivity contribution in [3.63, 3.8) is 0 Å². The van der Waals surface area contributed by atoms with Gasteiger partial charge in [-0.15, -0.1) is 0 Å². The smallest absolute Gasteiger partial charge is 0.244 e. The van der Waals surface area contributed by atoms with Crippen molar-refractivity contribution in [1.82, 2.24) is 5.32 Å². The molecule has 0 saturated heterocycles. The zero-order valence-electron chi connectivity index (χ0n) is 5.76. The van der Waals surface area contributed by atoms with E-state index in [1.807, 2.05) is 0 Å². The SMILES string of the molecule is CC=CC(=O)NCC(N)=O. The summed E-state index contributed by atoms with van der Waals surface area (Å²) in [6.07, 6.45) is 2.90. The number of hydrogen-bond donors (Lipinski definition) is 2. The first-order chi connectivity index (χ1) is 4.66. The molecule has 0 aliphatic carbocycles. The molecule has 0 bridgehead atoms. The van der Waals surface area contributed by atoms with E-state index in [1.54, 1.807) is 13.0 Å². The first-order valence-electron chi connectivity index (χ1n) is 2.85. The number of rotatable bonds is 3. The van der Waals surface area contributed by atoms with Gasteiger partial charge < -0.3 is 11.1 Å². The third-order valence-corrected chi connectivity index (χ3v) is 0.755. The van der Waals surface area contributed by atoms with Crippen molar-refractivity contribution < 1.29 is 9.59 Å². The monoisotopic (exact) mass is 142 g/mol. The van der Waals surface area contributed by atoms with Gasteiger partial charge in [0.25, 0.3) is 0 Å². The Bertz CT molecular complexity index is 163. The van der Waals surface area contributed by atoms with Gasteiger partial charge in [0.15, 0.2) is 0 Å². The van der Waals surface area contributed by atoms with Gasteiger partial charge in [-0.05, 0) is 13.0 Å². The highest BCUT2D eigenvalue weighted by molar-refractivity contribution is 5.90. The predicted octanol–water partition coefficient (Wildman–Crippen LogP) is -0.836. The Balaban J connectivity index is 3.50. The maximum atomic E-state index is 10.5. The zero-order valence-corrected chi connectivity index (χ0v) is 5.76. The van der Waals surface area contributed by atoms with Gasteiger partial charge in [0.2, 0.25) is 11.8 Å². The lowest BCUT2D eigenvalue weighted by Gasteiger charge is -1.94. The van der Waals surface area contributed by atoms with Crippen molar-refractivity contribution in [2.45, 2.75) is 6.92 Å². The normalized spacial score (nSPS) is 9.70. The van der Waals surface area contributed by atoms with Crippen LogP contribution in [-0.4, -0.2) is 18.4 Å². The summed E-state index contributed by atoms with van der Waals surface area (Å²) in [4.78, 5) is 20.6. The number of nitrogens with two attached hydrogens (primary N) is 1. The number of hydrogen-bond acceptors (Lipinski definition) is 2. The van der Waals surface area contributed by atoms with E-state index in [9.17, 15) is 9.59 Å². The van der Waals surface area contributed by atoms with Crippen LogP contribution in [0.25, 0.3) is 0 Å². The standard InChI is InChI=1S/C6H10N2O2/c1-2-3-6(10)8-4-5(7)9/h2-3H,4H2,1H3,(H2,7,9)(H,8,10). The van der Waals surface area contributed by atoms with Crippen LogP contribution in [0.5, 0.6) is 0 Å². The number of nitrogens with one attached hydrogen (secondary N) is 1. The van der Waals surface area contributed by atoms with E-state index in [0.29, 0.717) is 0 Å². The molecule has 4 heteroatoms. The van der Waals surface area contributed by atoms with Crippen molar-refractivity contribution in [2.24, 2.45) is 5.73 Å². The summed E-state index contributed by atoms with van der Waals surface area (Å²) in [5.41, 5.74) is 4.76. The summed E-state index contributed by atoms with van der Waals surface area (Å²) in [5, 5.41) is 2.28. The maximum Gasteiger partial charge on any atom is 0.244 e. The van der Waals surface area contributed by atoms with Gasteiger partial charge in [-0.25, -0.2) is 0 Å². The first-order valence-corrected chi connectivity index (χ1v) is 2.85. The maximum absolute atomic E-state index is 10.5. The molecule has 0 fully saturated rings. The second-order valence-corrected chi connectivity index (χ2v) is 1.68. The highest BCUT2D eigenvalue weighted by Crippen LogP contribution is 1.69. The lowest BCUT2D eigenvalue weighted by atomic mass is 10.5. The summed E-state index contributed by atoms with van der Waals surface area (Å²) in [6, 6.07) is 0. The highest BCUT2D eigenvalue weighted by atomic mass is 16.2. The molecule has 0 saturated carbocycles. The van der Waals surface area contributed by atoms with E-state index < -0.39 is 5.91 Å². The molecular weight excluding hydrogens is 132 g/mol. The van der Waals surface area contributed by atoms with Crippen LogP contribution in [-0.2, 0) is 9.59 Å². The molecule has 10 heavy (non-hydrogen) atoms. The van der Waals surface area contributed by atoms with E-state index in [0.717, 1.165) is 0 Å². The molecule has 0 aliphatic heterocycles. The average Bonchev–Trinajstić information content (AvgIpc) is 1.85. The minimum absolute atomic E-state index is 0.108. The van der Waals surface area contributed by atoms with Crippen LogP contribution in [0.2, 0.25) is 0 Å². The molecular formula is C6H10N2O2. The topological polar surface area (TPSA) is 72.2 Å². The van der Waals surface area contributed by atoms with E-state index in [2.05, 4.69) is 5.32 Å². The Morgan fingerprint density at radius 1 is 1.60 bits per heavy atom. The van der Waals surface area contributed by atoms with E-state index in [1.165, 1.54) is 6.08 Å². The quantitative estimate of drug-likeness (QED) is 0.504. The summed E-state index contributed by atoms with van der Waals surface area (Å²) in [7, 11) is 0. The minimum atomic E-state index is -0.544. The van der Waals surface area contributed by atoms with Crippen LogP contribution in [0.3, 0.4) is 0 Å². The third kappa shape index (κ3) is 4.83. The zero-order chi connectivity index (χ0) is 7.98. The van der Waals surface area contributed by atoms with Crippen molar-refractivity contribution in [3.8, 4) is 0 Å². The molecule has 0 aliphatic rings. The molecule has 0 aromatic heterocycles. The van der Waals surface area contributed by atoms with Crippen LogP contribution in [0.1, 0.15) is 6.92 Å². The summed E-state index contributed by atoms with van der Waals surface area (Å²) in [5.74, 6) is -0.848. The molecule has 2 amide bonds. The molecule has 0 radical (unpaired) electrons.